The Labute approximate surface area is 120 Å². The highest BCUT2D eigenvalue weighted by Gasteiger charge is 2.04. The van der Waals surface area contributed by atoms with E-state index in [2.05, 4.69) is 9.83 Å². The Hall–Kier alpha value is -3.13. The second-order valence-corrected chi connectivity index (χ2v) is 4.47. The summed E-state index contributed by atoms with van der Waals surface area (Å²) in [6.07, 6.45) is 4.02. The molecule has 0 spiro atoms. The second kappa shape index (κ2) is 5.88. The van der Waals surface area contributed by atoms with E-state index < -0.39 is 11.7 Å². The van der Waals surface area contributed by atoms with Crippen molar-refractivity contribution in [1.82, 2.24) is 4.98 Å². The standard InChI is InChI=1S/C16H12N2O3/c1-10-6-7-11-9-12(15(19)18-14(11)8-10)4-3-5-13(17-2)16(20)21/h3-9H,1H3,(H,18,19)(H,20,21). The molecule has 2 rings (SSSR count). The van der Waals surface area contributed by atoms with Gasteiger partial charge in [0.15, 0.2) is 0 Å². The Bertz CT molecular complexity index is 867. The number of carboxylic acids is 1. The van der Waals surface area contributed by atoms with E-state index in [1.165, 1.54) is 12.2 Å². The number of H-pyrrole nitrogens is 1. The molecule has 0 saturated carbocycles. The van der Waals surface area contributed by atoms with Crippen LogP contribution in [-0.4, -0.2) is 16.1 Å². The number of aliphatic carboxylic acids is 1. The van der Waals surface area contributed by atoms with Crippen molar-refractivity contribution in [2.75, 3.05) is 0 Å². The van der Waals surface area contributed by atoms with Crippen molar-refractivity contribution in [3.8, 4) is 0 Å². The van der Waals surface area contributed by atoms with E-state index in [1.807, 2.05) is 25.1 Å². The van der Waals surface area contributed by atoms with Crippen molar-refractivity contribution in [1.29, 1.82) is 0 Å². The minimum Gasteiger partial charge on any atom is -0.486 e. The highest BCUT2D eigenvalue weighted by atomic mass is 16.4. The molecule has 104 valence electrons. The minimum absolute atomic E-state index is 0.266. The first kappa shape index (κ1) is 14.3. The summed E-state index contributed by atoms with van der Waals surface area (Å²) in [5, 5.41) is 9.59. The molecule has 0 atom stereocenters. The fourth-order valence-corrected chi connectivity index (χ4v) is 1.85. The number of aryl methyl sites for hydroxylation is 1. The predicted molar refractivity (Wildman–Crippen MR) is 80.7 cm³/mol. The van der Waals surface area contributed by atoms with Gasteiger partial charge in [-0.25, -0.2) is 4.85 Å². The van der Waals surface area contributed by atoms with Gasteiger partial charge in [0.2, 0.25) is 0 Å². The van der Waals surface area contributed by atoms with Gasteiger partial charge in [0.05, 0.1) is 6.57 Å². The monoisotopic (exact) mass is 280 g/mol. The molecule has 2 N–H and O–H groups in total. The zero-order valence-corrected chi connectivity index (χ0v) is 11.3. The van der Waals surface area contributed by atoms with E-state index in [4.69, 9.17) is 11.7 Å². The third-order valence-electron chi connectivity index (χ3n) is 2.90. The first-order valence-electron chi connectivity index (χ1n) is 6.14. The lowest BCUT2D eigenvalue weighted by Gasteiger charge is -2.00. The van der Waals surface area contributed by atoms with E-state index in [0.29, 0.717) is 5.56 Å². The van der Waals surface area contributed by atoms with Crippen LogP contribution in [0.3, 0.4) is 0 Å². The zero-order chi connectivity index (χ0) is 15.4. The van der Waals surface area contributed by atoms with E-state index >= 15 is 0 Å². The maximum Gasteiger partial charge on any atom is 0.333 e. The molecule has 2 aromatic rings. The van der Waals surface area contributed by atoms with E-state index in [9.17, 15) is 9.59 Å². The van der Waals surface area contributed by atoms with E-state index in [0.717, 1.165) is 22.5 Å². The number of nitrogens with zero attached hydrogens (tertiary/aromatic N) is 1. The molecule has 0 fully saturated rings. The molecule has 21 heavy (non-hydrogen) atoms. The van der Waals surface area contributed by atoms with Crippen LogP contribution in [0.5, 0.6) is 0 Å². The number of hydrogen-bond donors (Lipinski definition) is 2. The van der Waals surface area contributed by atoms with Crippen molar-refractivity contribution in [3.05, 3.63) is 75.0 Å². The average molecular weight is 280 g/mol. The SMILES string of the molecule is [C-]#[N+]C(=CC=Cc1cc2ccc(C)cc2[nH]c1=O)C(=O)O. The normalized spacial score (nSPS) is 11.7. The fraction of sp³-hybridized carbons (Fsp3) is 0.0625. The summed E-state index contributed by atoms with van der Waals surface area (Å²) in [4.78, 5) is 28.2. The number of aromatic nitrogens is 1. The lowest BCUT2D eigenvalue weighted by molar-refractivity contribution is -0.132. The Morgan fingerprint density at radius 1 is 1.38 bits per heavy atom. The lowest BCUT2D eigenvalue weighted by Crippen LogP contribution is -2.08. The molecule has 5 heteroatoms. The van der Waals surface area contributed by atoms with Crippen molar-refractivity contribution in [3.63, 3.8) is 0 Å². The quantitative estimate of drug-likeness (QED) is 0.515. The fourth-order valence-electron chi connectivity index (χ4n) is 1.85. The lowest BCUT2D eigenvalue weighted by atomic mass is 10.1. The molecule has 0 radical (unpaired) electrons. The number of pyridine rings is 1. The molecule has 1 aromatic heterocycles. The topological polar surface area (TPSA) is 74.5 Å². The molecular weight excluding hydrogens is 268 g/mol. The summed E-state index contributed by atoms with van der Waals surface area (Å²) in [7, 11) is 0. The van der Waals surface area contributed by atoms with Gasteiger partial charge in [-0.1, -0.05) is 24.3 Å². The number of rotatable bonds is 3. The van der Waals surface area contributed by atoms with Crippen LogP contribution < -0.4 is 5.56 Å². The highest BCUT2D eigenvalue weighted by molar-refractivity contribution is 5.89. The molecule has 5 nitrogen and oxygen atoms in total. The van der Waals surface area contributed by atoms with Crippen molar-refractivity contribution in [2.24, 2.45) is 0 Å². The minimum atomic E-state index is -1.29. The third kappa shape index (κ3) is 3.25. The van der Waals surface area contributed by atoms with Gasteiger partial charge >= 0.3 is 5.97 Å². The average Bonchev–Trinajstić information content (AvgIpc) is 2.43. The van der Waals surface area contributed by atoms with Crippen molar-refractivity contribution in [2.45, 2.75) is 6.92 Å². The molecule has 0 unspecified atom stereocenters. The summed E-state index contributed by atoms with van der Waals surface area (Å²) in [6.45, 7) is 8.66. The van der Waals surface area contributed by atoms with Crippen LogP contribution in [0.2, 0.25) is 0 Å². The Morgan fingerprint density at radius 2 is 2.14 bits per heavy atom. The van der Waals surface area contributed by atoms with Gasteiger partial charge in [0.1, 0.15) is 0 Å². The molecule has 0 amide bonds. The van der Waals surface area contributed by atoms with Crippen LogP contribution in [0.25, 0.3) is 21.8 Å². The molecule has 0 aliphatic rings. The number of benzene rings is 1. The molecular formula is C16H12N2O3. The Balaban J connectivity index is 2.42. The van der Waals surface area contributed by atoms with Gasteiger partial charge in [-0.2, -0.15) is 0 Å². The summed E-state index contributed by atoms with van der Waals surface area (Å²) in [5.41, 5.74) is 1.53. The van der Waals surface area contributed by atoms with E-state index in [1.54, 1.807) is 6.07 Å². The van der Waals surface area contributed by atoms with Crippen LogP contribution in [0.15, 0.2) is 46.9 Å². The number of aromatic amines is 1. The van der Waals surface area contributed by atoms with Gasteiger partial charge in [-0.15, -0.1) is 0 Å². The van der Waals surface area contributed by atoms with Gasteiger partial charge in [-0.3, -0.25) is 9.59 Å². The second-order valence-electron chi connectivity index (χ2n) is 4.47. The Morgan fingerprint density at radius 3 is 2.81 bits per heavy atom. The molecule has 0 aliphatic carbocycles. The molecule has 0 saturated heterocycles. The first-order chi connectivity index (χ1) is 10.0. The molecule has 1 heterocycles. The highest BCUT2D eigenvalue weighted by Crippen LogP contribution is 2.13. The van der Waals surface area contributed by atoms with Crippen LogP contribution in [0.1, 0.15) is 11.1 Å². The van der Waals surface area contributed by atoms with Crippen LogP contribution in [-0.2, 0) is 4.79 Å². The Kier molecular flexibility index (Phi) is 4.00. The summed E-state index contributed by atoms with van der Waals surface area (Å²) in [6, 6.07) is 7.44. The van der Waals surface area contributed by atoms with Crippen molar-refractivity contribution < 1.29 is 9.90 Å². The van der Waals surface area contributed by atoms with Gasteiger partial charge in [0.25, 0.3) is 11.3 Å². The van der Waals surface area contributed by atoms with E-state index in [-0.39, 0.29) is 5.56 Å². The third-order valence-corrected chi connectivity index (χ3v) is 2.90. The summed E-state index contributed by atoms with van der Waals surface area (Å²) >= 11 is 0. The number of hydrogen-bond acceptors (Lipinski definition) is 2. The first-order valence-corrected chi connectivity index (χ1v) is 6.14. The van der Waals surface area contributed by atoms with Crippen LogP contribution in [0.4, 0.5) is 0 Å². The predicted octanol–water partition coefficient (Wildman–Crippen LogP) is 2.74. The number of carbonyl (C=O) groups is 1. The number of allylic oxidation sites excluding steroid dienone is 2. The smallest absolute Gasteiger partial charge is 0.333 e. The molecule has 0 aliphatic heterocycles. The van der Waals surface area contributed by atoms with Gasteiger partial charge < -0.3 is 10.1 Å². The molecule has 0 bridgehead atoms. The number of fused-ring (bicyclic) bond motifs is 1. The van der Waals surface area contributed by atoms with Crippen LogP contribution in [0, 0.1) is 13.5 Å². The maximum atomic E-state index is 11.9. The number of nitrogens with one attached hydrogen (secondary N) is 1. The summed E-state index contributed by atoms with van der Waals surface area (Å²) < 4.78 is 0. The molecule has 1 aromatic carbocycles. The van der Waals surface area contributed by atoms with Crippen LogP contribution >= 0.6 is 0 Å². The zero-order valence-electron chi connectivity index (χ0n) is 11.3. The largest absolute Gasteiger partial charge is 0.486 e. The summed E-state index contributed by atoms with van der Waals surface area (Å²) in [5.74, 6) is -1.29. The van der Waals surface area contributed by atoms with Crippen molar-refractivity contribution >= 4 is 22.9 Å². The van der Waals surface area contributed by atoms with Gasteiger partial charge in [0, 0.05) is 11.1 Å². The van der Waals surface area contributed by atoms with Gasteiger partial charge in [-0.05, 0) is 36.1 Å². The maximum absolute atomic E-state index is 11.9. The number of carboxylic acid groups (broad SMARTS) is 1.